The maximum Gasteiger partial charge on any atom is 0.331 e. The van der Waals surface area contributed by atoms with Crippen molar-refractivity contribution in [3.63, 3.8) is 0 Å². The Bertz CT molecular complexity index is 423. The first-order chi connectivity index (χ1) is 13.2. The van der Waals surface area contributed by atoms with Crippen molar-refractivity contribution in [3.8, 4) is 0 Å². The minimum absolute atomic E-state index is 0.181. The van der Waals surface area contributed by atoms with Crippen LogP contribution < -0.4 is 0 Å². The third kappa shape index (κ3) is 13.4. The molecule has 170 valence electrons. The molecule has 28 heavy (non-hydrogen) atoms. The highest BCUT2D eigenvalue weighted by molar-refractivity contribution is 7.54. The molecule has 0 unspecified atom stereocenters. The van der Waals surface area contributed by atoms with E-state index < -0.39 is 15.2 Å². The highest BCUT2D eigenvalue weighted by Crippen LogP contribution is 2.49. The lowest BCUT2D eigenvalue weighted by atomic mass is 10.4. The van der Waals surface area contributed by atoms with Crippen molar-refractivity contribution in [1.29, 1.82) is 0 Å². The summed E-state index contributed by atoms with van der Waals surface area (Å²) < 4.78 is 52.6. The smallest absolute Gasteiger partial charge is 0.331 e. The number of hydrogen-bond acceptors (Lipinski definition) is 8. The molecule has 0 bridgehead atoms. The summed E-state index contributed by atoms with van der Waals surface area (Å²) in [5.74, 6) is 0. The molecule has 0 aromatic rings. The van der Waals surface area contributed by atoms with Crippen LogP contribution in [0.15, 0.2) is 0 Å². The van der Waals surface area contributed by atoms with Gasteiger partial charge in [-0.15, -0.1) is 0 Å². The molecule has 0 aliphatic heterocycles. The van der Waals surface area contributed by atoms with Crippen molar-refractivity contribution < 1.29 is 32.0 Å². The molecule has 0 N–H and O–H groups in total. The van der Waals surface area contributed by atoms with E-state index in [0.29, 0.717) is 46.1 Å². The summed E-state index contributed by atoms with van der Waals surface area (Å²) in [6, 6.07) is 0. The molecular weight excluding hydrogens is 404 g/mol. The highest BCUT2D eigenvalue weighted by atomic mass is 31.2. The maximum absolute atomic E-state index is 12.7. The number of nitrogens with zero attached hydrogens (tertiary/aromatic N) is 1. The van der Waals surface area contributed by atoms with Crippen LogP contribution >= 0.6 is 15.2 Å². The Labute approximate surface area is 171 Å². The molecule has 0 heterocycles. The van der Waals surface area contributed by atoms with Gasteiger partial charge >= 0.3 is 15.2 Å². The van der Waals surface area contributed by atoms with Crippen LogP contribution in [0, 0.1) is 0 Å². The Morgan fingerprint density at radius 2 is 1.11 bits per heavy atom. The molecule has 10 heteroatoms. The summed E-state index contributed by atoms with van der Waals surface area (Å²) in [4.78, 5) is 2.10. The Kier molecular flexibility index (Phi) is 16.1. The van der Waals surface area contributed by atoms with Crippen molar-refractivity contribution in [2.75, 3.05) is 65.0 Å². The van der Waals surface area contributed by atoms with Crippen LogP contribution in [-0.4, -0.2) is 76.0 Å². The van der Waals surface area contributed by atoms with Gasteiger partial charge in [0.1, 0.15) is 0 Å². The molecule has 0 saturated heterocycles. The Balaban J connectivity index is 4.88. The van der Waals surface area contributed by atoms with E-state index in [1.807, 2.05) is 13.8 Å². The topological polar surface area (TPSA) is 83.5 Å². The predicted molar refractivity (Wildman–Crippen MR) is 114 cm³/mol. The van der Waals surface area contributed by atoms with Gasteiger partial charge in [0.15, 0.2) is 0 Å². The molecule has 0 aliphatic rings. The fourth-order valence-electron chi connectivity index (χ4n) is 2.59. The summed E-state index contributed by atoms with van der Waals surface area (Å²) in [5.41, 5.74) is 0. The Hall–Kier alpha value is 0.220. The quantitative estimate of drug-likeness (QED) is 0.210. The van der Waals surface area contributed by atoms with Crippen LogP contribution in [0.25, 0.3) is 0 Å². The Morgan fingerprint density at radius 3 is 1.43 bits per heavy atom. The largest absolute Gasteiger partial charge is 0.379 e. The van der Waals surface area contributed by atoms with Gasteiger partial charge in [0.05, 0.1) is 44.9 Å². The van der Waals surface area contributed by atoms with Gasteiger partial charge < -0.3 is 27.7 Å². The molecule has 0 rings (SSSR count). The molecule has 0 saturated carbocycles. The normalized spacial score (nSPS) is 13.0. The molecule has 0 aliphatic carbocycles. The van der Waals surface area contributed by atoms with E-state index in [1.165, 1.54) is 0 Å². The van der Waals surface area contributed by atoms with Crippen molar-refractivity contribution in [1.82, 2.24) is 4.90 Å². The second kappa shape index (κ2) is 16.0. The van der Waals surface area contributed by atoms with Crippen LogP contribution in [0.4, 0.5) is 0 Å². The van der Waals surface area contributed by atoms with Crippen LogP contribution in [0.2, 0.25) is 0 Å². The second-order valence-corrected chi connectivity index (χ2v) is 10.8. The van der Waals surface area contributed by atoms with Crippen molar-refractivity contribution >= 4 is 15.2 Å². The van der Waals surface area contributed by atoms with Crippen molar-refractivity contribution in [2.45, 2.75) is 54.1 Å². The first-order valence-electron chi connectivity index (χ1n) is 10.3. The fraction of sp³-hybridized carbons (Fsp3) is 1.00. The molecule has 0 radical (unpaired) electrons. The van der Waals surface area contributed by atoms with Crippen LogP contribution in [0.3, 0.4) is 0 Å². The fourth-order valence-corrected chi connectivity index (χ4v) is 5.88. The molecular formula is C18H41NO7P2. The zero-order chi connectivity index (χ0) is 21.5. The number of hydrogen-bond donors (Lipinski definition) is 0. The van der Waals surface area contributed by atoms with E-state index in [1.54, 1.807) is 27.7 Å². The second-order valence-electron chi connectivity index (χ2n) is 6.45. The molecule has 0 aromatic heterocycles. The predicted octanol–water partition coefficient (Wildman–Crippen LogP) is 4.64. The molecule has 0 amide bonds. The van der Waals surface area contributed by atoms with Crippen molar-refractivity contribution in [3.05, 3.63) is 0 Å². The lowest BCUT2D eigenvalue weighted by Gasteiger charge is -2.26. The third-order valence-corrected chi connectivity index (χ3v) is 7.86. The molecule has 0 aromatic carbocycles. The summed E-state index contributed by atoms with van der Waals surface area (Å²) in [7, 11) is -6.24. The zero-order valence-electron chi connectivity index (χ0n) is 18.6. The van der Waals surface area contributed by atoms with Crippen molar-refractivity contribution in [2.24, 2.45) is 0 Å². The van der Waals surface area contributed by atoms with Gasteiger partial charge in [-0.1, -0.05) is 0 Å². The standard InChI is InChI=1S/C18H41NO7P2/c1-7-23-27(20,24-8-2)16-13-19(12-11-15-22-18(5)6)14-17-28(21,25-9-3)26-10-4/h18H,7-17H2,1-6H3. The number of ether oxygens (including phenoxy) is 1. The first kappa shape index (κ1) is 28.2. The zero-order valence-corrected chi connectivity index (χ0v) is 20.3. The number of rotatable bonds is 19. The lowest BCUT2D eigenvalue weighted by Crippen LogP contribution is -2.32. The summed E-state index contributed by atoms with van der Waals surface area (Å²) in [5, 5.41) is 0. The van der Waals surface area contributed by atoms with Crippen LogP contribution in [-0.2, 0) is 32.0 Å². The maximum atomic E-state index is 12.7. The molecule has 0 atom stereocenters. The van der Waals surface area contributed by atoms with Gasteiger partial charge in [0.2, 0.25) is 0 Å². The van der Waals surface area contributed by atoms with Gasteiger partial charge in [-0.05, 0) is 48.0 Å². The average Bonchev–Trinajstić information content (AvgIpc) is 2.61. The van der Waals surface area contributed by atoms with Gasteiger partial charge in [0, 0.05) is 26.2 Å². The van der Waals surface area contributed by atoms with E-state index in [2.05, 4.69) is 4.90 Å². The first-order valence-corrected chi connectivity index (χ1v) is 13.8. The third-order valence-electron chi connectivity index (χ3n) is 3.75. The minimum Gasteiger partial charge on any atom is -0.379 e. The SMILES string of the molecule is CCOP(=O)(CCN(CCCOC(C)C)CCP(=O)(OCC)OCC)OCC. The van der Waals surface area contributed by atoms with E-state index in [4.69, 9.17) is 22.8 Å². The van der Waals surface area contributed by atoms with Gasteiger partial charge in [0.25, 0.3) is 0 Å². The van der Waals surface area contributed by atoms with Crippen LogP contribution in [0.5, 0.6) is 0 Å². The Morgan fingerprint density at radius 1 is 0.714 bits per heavy atom. The summed E-state index contributed by atoms with van der Waals surface area (Å²) in [6.07, 6.45) is 1.57. The van der Waals surface area contributed by atoms with Gasteiger partial charge in [-0.2, -0.15) is 0 Å². The summed E-state index contributed by atoms with van der Waals surface area (Å²) >= 11 is 0. The molecule has 0 spiro atoms. The van der Waals surface area contributed by atoms with Gasteiger partial charge in [-0.3, -0.25) is 9.13 Å². The van der Waals surface area contributed by atoms with E-state index in [-0.39, 0.29) is 18.4 Å². The highest BCUT2D eigenvalue weighted by Gasteiger charge is 2.27. The molecule has 8 nitrogen and oxygen atoms in total. The van der Waals surface area contributed by atoms with Crippen LogP contribution in [0.1, 0.15) is 48.0 Å². The van der Waals surface area contributed by atoms with E-state index in [9.17, 15) is 9.13 Å². The molecule has 0 fully saturated rings. The van der Waals surface area contributed by atoms with E-state index >= 15 is 0 Å². The average molecular weight is 445 g/mol. The minimum atomic E-state index is -3.12. The monoisotopic (exact) mass is 445 g/mol. The van der Waals surface area contributed by atoms with E-state index in [0.717, 1.165) is 13.0 Å². The van der Waals surface area contributed by atoms with Gasteiger partial charge in [-0.25, -0.2) is 0 Å². The summed E-state index contributed by atoms with van der Waals surface area (Å²) in [6.45, 7) is 14.9. The lowest BCUT2D eigenvalue weighted by molar-refractivity contribution is 0.0711.